The Bertz CT molecular complexity index is 829. The summed E-state index contributed by atoms with van der Waals surface area (Å²) >= 11 is 0. The van der Waals surface area contributed by atoms with E-state index in [4.69, 9.17) is 9.47 Å². The van der Waals surface area contributed by atoms with Crippen molar-refractivity contribution in [3.8, 4) is 17.4 Å². The van der Waals surface area contributed by atoms with Crippen LogP contribution < -0.4 is 10.1 Å². The second-order valence-corrected chi connectivity index (χ2v) is 6.45. The summed E-state index contributed by atoms with van der Waals surface area (Å²) < 4.78 is 13.0. The lowest BCUT2D eigenvalue weighted by Crippen LogP contribution is -2.16. The lowest BCUT2D eigenvalue weighted by Gasteiger charge is -2.09. The van der Waals surface area contributed by atoms with Crippen molar-refractivity contribution < 1.29 is 9.47 Å². The number of tetrazole rings is 1. The van der Waals surface area contributed by atoms with Crippen LogP contribution in [0, 0.1) is 0 Å². The molecular formula is C21H28ClN5O2. The van der Waals surface area contributed by atoms with Crippen LogP contribution in [0.15, 0.2) is 54.6 Å². The van der Waals surface area contributed by atoms with E-state index in [1.807, 2.05) is 48.5 Å². The first kappa shape index (κ1) is 22.8. The zero-order valence-electron chi connectivity index (χ0n) is 16.7. The Morgan fingerprint density at radius 3 is 2.66 bits per heavy atom. The molecule has 2 aromatic carbocycles. The van der Waals surface area contributed by atoms with Crippen molar-refractivity contribution >= 4 is 12.4 Å². The van der Waals surface area contributed by atoms with Gasteiger partial charge in [-0.15, -0.1) is 12.4 Å². The van der Waals surface area contributed by atoms with Gasteiger partial charge in [-0.2, -0.15) is 4.68 Å². The van der Waals surface area contributed by atoms with Crippen LogP contribution in [-0.2, 0) is 11.3 Å². The quantitative estimate of drug-likeness (QED) is 0.446. The van der Waals surface area contributed by atoms with E-state index in [-0.39, 0.29) is 12.4 Å². The number of ether oxygens (including phenoxy) is 2. The maximum atomic E-state index is 5.91. The number of halogens is 1. The third-order valence-corrected chi connectivity index (χ3v) is 4.16. The number of nitrogens with zero attached hydrogens (tertiary/aromatic N) is 4. The van der Waals surface area contributed by atoms with Gasteiger partial charge in [-0.25, -0.2) is 0 Å². The zero-order valence-corrected chi connectivity index (χ0v) is 17.5. The van der Waals surface area contributed by atoms with E-state index in [0.717, 1.165) is 50.4 Å². The maximum Gasteiger partial charge on any atom is 0.345 e. The fourth-order valence-electron chi connectivity index (χ4n) is 2.68. The Labute approximate surface area is 177 Å². The summed E-state index contributed by atoms with van der Waals surface area (Å²) in [5.41, 5.74) is 1.99. The minimum atomic E-state index is 0. The van der Waals surface area contributed by atoms with Crippen molar-refractivity contribution in [3.63, 3.8) is 0 Å². The number of rotatable bonds is 12. The van der Waals surface area contributed by atoms with E-state index >= 15 is 0 Å². The van der Waals surface area contributed by atoms with Crippen LogP contribution >= 0.6 is 12.4 Å². The SMILES string of the molecule is CCCCOCCCNCc1cccc(Oc2nnnn2-c2ccccc2)c1.Cl. The van der Waals surface area contributed by atoms with E-state index < -0.39 is 0 Å². The molecule has 0 spiro atoms. The first-order valence-corrected chi connectivity index (χ1v) is 9.76. The first-order valence-electron chi connectivity index (χ1n) is 9.76. The summed E-state index contributed by atoms with van der Waals surface area (Å²) in [6.45, 7) is 5.53. The van der Waals surface area contributed by atoms with Crippen LogP contribution in [0.1, 0.15) is 31.7 Å². The zero-order chi connectivity index (χ0) is 19.4. The van der Waals surface area contributed by atoms with Gasteiger partial charge in [-0.1, -0.05) is 48.8 Å². The molecule has 0 aliphatic rings. The Morgan fingerprint density at radius 2 is 1.83 bits per heavy atom. The van der Waals surface area contributed by atoms with Crippen molar-refractivity contribution in [3.05, 3.63) is 60.2 Å². The predicted molar refractivity (Wildman–Crippen MR) is 115 cm³/mol. The third kappa shape index (κ3) is 7.45. The second kappa shape index (κ2) is 12.9. The number of nitrogens with one attached hydrogen (secondary N) is 1. The minimum absolute atomic E-state index is 0. The average molecular weight is 418 g/mol. The fraction of sp³-hybridized carbons (Fsp3) is 0.381. The Balaban J connectivity index is 0.00000300. The number of hydrogen-bond donors (Lipinski definition) is 1. The van der Waals surface area contributed by atoms with Gasteiger partial charge in [-0.3, -0.25) is 0 Å². The van der Waals surface area contributed by atoms with E-state index in [9.17, 15) is 0 Å². The molecule has 8 heteroatoms. The summed E-state index contributed by atoms with van der Waals surface area (Å²) in [5.74, 6) is 0.703. The van der Waals surface area contributed by atoms with Crippen LogP contribution in [-0.4, -0.2) is 40.0 Å². The van der Waals surface area contributed by atoms with Crippen LogP contribution in [0.2, 0.25) is 0 Å². The average Bonchev–Trinajstić information content (AvgIpc) is 3.19. The highest BCUT2D eigenvalue weighted by molar-refractivity contribution is 5.85. The molecule has 0 saturated heterocycles. The van der Waals surface area contributed by atoms with Gasteiger partial charge in [0.25, 0.3) is 0 Å². The van der Waals surface area contributed by atoms with Crippen molar-refractivity contribution in [2.75, 3.05) is 19.8 Å². The van der Waals surface area contributed by atoms with Gasteiger partial charge in [0.1, 0.15) is 5.75 Å². The van der Waals surface area contributed by atoms with Crippen molar-refractivity contribution in [1.82, 2.24) is 25.5 Å². The van der Waals surface area contributed by atoms with Crippen LogP contribution in [0.3, 0.4) is 0 Å². The second-order valence-electron chi connectivity index (χ2n) is 6.45. The lowest BCUT2D eigenvalue weighted by molar-refractivity contribution is 0.129. The molecular weight excluding hydrogens is 390 g/mol. The Hall–Kier alpha value is -2.48. The van der Waals surface area contributed by atoms with Gasteiger partial charge in [0.05, 0.1) is 5.69 Å². The van der Waals surface area contributed by atoms with Crippen LogP contribution in [0.25, 0.3) is 5.69 Å². The highest BCUT2D eigenvalue weighted by Gasteiger charge is 2.10. The van der Waals surface area contributed by atoms with Crippen molar-refractivity contribution in [2.45, 2.75) is 32.7 Å². The lowest BCUT2D eigenvalue weighted by atomic mass is 10.2. The number of aromatic nitrogens is 4. The van der Waals surface area contributed by atoms with E-state index in [1.54, 1.807) is 4.68 Å². The number of benzene rings is 2. The predicted octanol–water partition coefficient (Wildman–Crippen LogP) is 4.17. The van der Waals surface area contributed by atoms with Crippen LogP contribution in [0.4, 0.5) is 0 Å². The first-order chi connectivity index (χ1) is 13.9. The number of unbranched alkanes of at least 4 members (excludes halogenated alkanes) is 1. The maximum absolute atomic E-state index is 5.91. The Morgan fingerprint density at radius 1 is 1.00 bits per heavy atom. The normalized spacial score (nSPS) is 10.5. The van der Waals surface area contributed by atoms with Crippen molar-refractivity contribution in [1.29, 1.82) is 0 Å². The van der Waals surface area contributed by atoms with Gasteiger partial charge in [-0.05, 0) is 59.6 Å². The third-order valence-electron chi connectivity index (χ3n) is 4.16. The molecule has 7 nitrogen and oxygen atoms in total. The standard InChI is InChI=1S/C21H27N5O2.ClH/c1-2-3-14-27-15-8-13-22-17-18-9-7-12-20(16-18)28-21-23-24-25-26(21)19-10-5-4-6-11-19;/h4-7,9-12,16,22H,2-3,8,13-15,17H2,1H3;1H. The molecule has 0 radical (unpaired) electrons. The summed E-state index contributed by atoms with van der Waals surface area (Å²) in [6, 6.07) is 17.9. The van der Waals surface area contributed by atoms with E-state index in [2.05, 4.69) is 33.8 Å². The molecule has 156 valence electrons. The molecule has 0 aliphatic carbocycles. The summed E-state index contributed by atoms with van der Waals surface area (Å²) in [6.07, 6.45) is 3.31. The minimum Gasteiger partial charge on any atom is -0.423 e. The molecule has 0 fully saturated rings. The van der Waals surface area contributed by atoms with Gasteiger partial charge in [0, 0.05) is 19.8 Å². The fourth-order valence-corrected chi connectivity index (χ4v) is 2.68. The van der Waals surface area contributed by atoms with Crippen molar-refractivity contribution in [2.24, 2.45) is 0 Å². The van der Waals surface area contributed by atoms with Crippen LogP contribution in [0.5, 0.6) is 11.8 Å². The largest absolute Gasteiger partial charge is 0.423 e. The van der Waals surface area contributed by atoms with E-state index in [1.165, 1.54) is 6.42 Å². The summed E-state index contributed by atoms with van der Waals surface area (Å²) in [5, 5.41) is 15.2. The smallest absolute Gasteiger partial charge is 0.345 e. The molecule has 0 unspecified atom stereocenters. The number of hydrogen-bond acceptors (Lipinski definition) is 6. The molecule has 0 aliphatic heterocycles. The van der Waals surface area contributed by atoms with Gasteiger partial charge in [0.2, 0.25) is 0 Å². The molecule has 0 bridgehead atoms. The highest BCUT2D eigenvalue weighted by Crippen LogP contribution is 2.22. The molecule has 3 rings (SSSR count). The molecule has 3 aromatic rings. The molecule has 1 N–H and O–H groups in total. The Kier molecular flexibility index (Phi) is 10.1. The molecule has 1 heterocycles. The van der Waals surface area contributed by atoms with Gasteiger partial charge < -0.3 is 14.8 Å². The molecule has 29 heavy (non-hydrogen) atoms. The number of para-hydroxylation sites is 1. The molecule has 1 aromatic heterocycles. The van der Waals surface area contributed by atoms with Gasteiger partial charge >= 0.3 is 6.01 Å². The molecule has 0 atom stereocenters. The molecule has 0 saturated carbocycles. The monoisotopic (exact) mass is 417 g/mol. The van der Waals surface area contributed by atoms with E-state index in [0.29, 0.717) is 11.8 Å². The van der Waals surface area contributed by atoms with Gasteiger partial charge in [0.15, 0.2) is 0 Å². The summed E-state index contributed by atoms with van der Waals surface area (Å²) in [7, 11) is 0. The highest BCUT2D eigenvalue weighted by atomic mass is 35.5. The topological polar surface area (TPSA) is 74.1 Å². The summed E-state index contributed by atoms with van der Waals surface area (Å²) in [4.78, 5) is 0. The molecule has 0 amide bonds.